The van der Waals surface area contributed by atoms with Crippen molar-refractivity contribution in [3.05, 3.63) is 56.8 Å². The predicted molar refractivity (Wildman–Crippen MR) is 214 cm³/mol. The third-order valence-corrected chi connectivity index (χ3v) is 12.1. The average Bonchev–Trinajstić information content (AvgIpc) is 3.54. The Morgan fingerprint density at radius 1 is 0.660 bits per heavy atom. The number of aromatic amines is 2. The first kappa shape index (κ1) is 37.2. The van der Waals surface area contributed by atoms with Gasteiger partial charge in [-0.1, -0.05) is 151 Å². The lowest BCUT2D eigenvalue weighted by molar-refractivity contribution is 0.159. The molecule has 3 saturated heterocycles. The largest absolute Gasteiger partial charge is 0.379 e. The number of H-pyrrole nitrogens is 2. The number of benzene rings is 2. The topological polar surface area (TPSA) is 76.8 Å². The summed E-state index contributed by atoms with van der Waals surface area (Å²) in [6, 6.07) is 11.8. The van der Waals surface area contributed by atoms with Gasteiger partial charge in [0, 0.05) is 18.0 Å². The molecule has 0 saturated carbocycles. The molecule has 7 rings (SSSR count). The van der Waals surface area contributed by atoms with Crippen LogP contribution in [-0.4, -0.2) is 45.5 Å². The molecular formula is C42H59Cl2N5O. The van der Waals surface area contributed by atoms with Crippen molar-refractivity contribution in [2.45, 2.75) is 141 Å². The normalized spacial score (nSPS) is 23.4. The van der Waals surface area contributed by atoms with Crippen LogP contribution in [0.5, 0.6) is 0 Å². The second kappa shape index (κ2) is 19.3. The van der Waals surface area contributed by atoms with Gasteiger partial charge in [0.15, 0.2) is 0 Å². The van der Waals surface area contributed by atoms with E-state index < -0.39 is 0 Å². The number of imidazole rings is 1. The van der Waals surface area contributed by atoms with E-state index in [1.807, 2.05) is 30.3 Å². The van der Waals surface area contributed by atoms with Gasteiger partial charge in [0.1, 0.15) is 11.4 Å². The number of anilines is 1. The number of nitrogens with zero attached hydrogens (tertiary/aromatic N) is 2. The molecule has 6 nitrogen and oxygen atoms in total. The molecule has 4 aromatic rings. The van der Waals surface area contributed by atoms with Crippen LogP contribution in [0.4, 0.5) is 5.69 Å². The van der Waals surface area contributed by atoms with E-state index in [0.29, 0.717) is 32.9 Å². The number of halogens is 2. The highest BCUT2D eigenvalue weighted by Crippen LogP contribution is 2.37. The first-order valence-electron chi connectivity index (χ1n) is 20.1. The molecule has 0 spiro atoms. The highest BCUT2D eigenvalue weighted by Gasteiger charge is 2.31. The molecule has 2 aromatic carbocycles. The minimum atomic E-state index is -0.191. The molecule has 0 amide bonds. The summed E-state index contributed by atoms with van der Waals surface area (Å²) in [4.78, 5) is 28.0. The summed E-state index contributed by atoms with van der Waals surface area (Å²) in [5, 5.41) is 5.76. The maximum Gasteiger partial charge on any atom is 0.261 e. The Hall–Kier alpha value is -2.54. The van der Waals surface area contributed by atoms with Crippen LogP contribution >= 0.6 is 23.2 Å². The molecule has 3 aliphatic rings. The molecule has 3 fully saturated rings. The second-order valence-corrected chi connectivity index (χ2v) is 16.0. The van der Waals surface area contributed by atoms with Gasteiger partial charge in [0.05, 0.1) is 32.3 Å². The van der Waals surface area contributed by atoms with E-state index in [2.05, 4.69) is 20.2 Å². The summed E-state index contributed by atoms with van der Waals surface area (Å²) >= 11 is 13.1. The van der Waals surface area contributed by atoms with Crippen LogP contribution in [0.3, 0.4) is 0 Å². The molecule has 0 radical (unpaired) electrons. The van der Waals surface area contributed by atoms with Crippen molar-refractivity contribution in [1.82, 2.24) is 19.9 Å². The summed E-state index contributed by atoms with van der Waals surface area (Å²) in [7, 11) is 0. The van der Waals surface area contributed by atoms with E-state index >= 15 is 0 Å². The van der Waals surface area contributed by atoms with Gasteiger partial charge < -0.3 is 20.2 Å². The maximum absolute atomic E-state index is 13.9. The predicted octanol–water partition coefficient (Wildman–Crippen LogP) is 12.3. The van der Waals surface area contributed by atoms with Gasteiger partial charge in [-0.3, -0.25) is 4.79 Å². The van der Waals surface area contributed by atoms with Gasteiger partial charge in [0.25, 0.3) is 5.56 Å². The minimum Gasteiger partial charge on any atom is -0.379 e. The Labute approximate surface area is 309 Å². The van der Waals surface area contributed by atoms with Crippen molar-refractivity contribution in [3.8, 4) is 11.4 Å². The first-order valence-corrected chi connectivity index (χ1v) is 20.8. The monoisotopic (exact) mass is 719 g/mol. The molecule has 3 atom stereocenters. The van der Waals surface area contributed by atoms with E-state index in [0.717, 1.165) is 41.7 Å². The van der Waals surface area contributed by atoms with Gasteiger partial charge >= 0.3 is 0 Å². The van der Waals surface area contributed by atoms with Gasteiger partial charge in [0.2, 0.25) is 0 Å². The zero-order valence-electron chi connectivity index (χ0n) is 30.1. The molecule has 3 unspecified atom stereocenters. The number of pyridine rings is 1. The van der Waals surface area contributed by atoms with Crippen molar-refractivity contribution in [3.63, 3.8) is 0 Å². The third kappa shape index (κ3) is 10.3. The van der Waals surface area contributed by atoms with Gasteiger partial charge in [-0.25, -0.2) is 4.98 Å². The number of fused-ring (bicyclic) bond motifs is 24. The molecule has 3 N–H and O–H groups in total. The van der Waals surface area contributed by atoms with Gasteiger partial charge in [-0.05, 0) is 62.5 Å². The number of hydrogen-bond acceptors (Lipinski definition) is 4. The van der Waals surface area contributed by atoms with Crippen LogP contribution in [-0.2, 0) is 0 Å². The number of hydrogen-bond donors (Lipinski definition) is 3. The van der Waals surface area contributed by atoms with Gasteiger partial charge in [-0.15, -0.1) is 0 Å². The van der Waals surface area contributed by atoms with Crippen LogP contribution in [0.15, 0.2) is 41.2 Å². The van der Waals surface area contributed by atoms with Crippen LogP contribution < -0.4 is 10.9 Å². The quantitative estimate of drug-likeness (QED) is 0.197. The summed E-state index contributed by atoms with van der Waals surface area (Å²) in [5.41, 5.74) is 3.55. The summed E-state index contributed by atoms with van der Waals surface area (Å²) in [5.74, 6) is 1.09. The van der Waals surface area contributed by atoms with Crippen LogP contribution in [0.1, 0.15) is 135 Å². The number of nitrogens with one attached hydrogen (secondary N) is 3. The lowest BCUT2D eigenvalue weighted by atomic mass is 9.86. The SMILES string of the molecule is O=c1[nH]c2cc(Cl)c(Cl)cc2c(NC2CN3CCCCCCCCCCCCCCCCCCCCCC2CC3)c1-c1nc2ccccc2[nH]1. The first-order chi connectivity index (χ1) is 24.6. The van der Waals surface area contributed by atoms with Crippen molar-refractivity contribution < 1.29 is 0 Å². The maximum atomic E-state index is 13.9. The molecule has 272 valence electrons. The molecule has 2 aromatic heterocycles. The molecule has 2 bridgehead atoms. The lowest BCUT2D eigenvalue weighted by Gasteiger charge is -2.40. The number of para-hydroxylation sites is 2. The summed E-state index contributed by atoms with van der Waals surface area (Å²) < 4.78 is 0. The minimum absolute atomic E-state index is 0.191. The van der Waals surface area contributed by atoms with E-state index in [9.17, 15) is 4.79 Å². The zero-order valence-corrected chi connectivity index (χ0v) is 31.7. The smallest absolute Gasteiger partial charge is 0.261 e. The molecule has 50 heavy (non-hydrogen) atoms. The lowest BCUT2D eigenvalue weighted by Crippen LogP contribution is -2.48. The fourth-order valence-corrected chi connectivity index (χ4v) is 8.78. The third-order valence-electron chi connectivity index (χ3n) is 11.4. The number of piperidine rings is 1. The highest BCUT2D eigenvalue weighted by atomic mass is 35.5. The van der Waals surface area contributed by atoms with E-state index in [4.69, 9.17) is 28.2 Å². The van der Waals surface area contributed by atoms with E-state index in [1.165, 1.54) is 135 Å². The molecule has 0 aliphatic carbocycles. The van der Waals surface area contributed by atoms with Crippen molar-refractivity contribution >= 4 is 50.8 Å². The van der Waals surface area contributed by atoms with Crippen LogP contribution in [0.2, 0.25) is 10.0 Å². The fraction of sp³-hybridized carbons (Fsp3) is 0.619. The van der Waals surface area contributed by atoms with Crippen molar-refractivity contribution in [2.24, 2.45) is 5.92 Å². The van der Waals surface area contributed by atoms with Crippen molar-refractivity contribution in [2.75, 3.05) is 25.0 Å². The highest BCUT2D eigenvalue weighted by molar-refractivity contribution is 6.43. The Morgan fingerprint density at radius 2 is 1.24 bits per heavy atom. The standard InChI is InChI=1S/C42H59Cl2N5O/c43-33-28-32-37(29-34(33)44)48-42(50)39(41-46-35-23-19-20-24-36(35)47-41)40(32)45-38-30-49-26-21-17-15-13-11-9-7-5-3-1-2-4-6-8-10-12-14-16-18-22-31(38)25-27-49/h19-20,23-24,28-29,31,38H,1-18,21-22,25-27,30H2,(H,46,47)(H2,45,48,50). The molecule has 5 heterocycles. The fourth-order valence-electron chi connectivity index (χ4n) is 8.45. The van der Waals surface area contributed by atoms with Crippen LogP contribution in [0.25, 0.3) is 33.3 Å². The molecular weight excluding hydrogens is 661 g/mol. The van der Waals surface area contributed by atoms with Crippen molar-refractivity contribution in [1.29, 1.82) is 0 Å². The number of rotatable bonds is 3. The van der Waals surface area contributed by atoms with Crippen LogP contribution in [0, 0.1) is 5.92 Å². The Bertz CT molecular complexity index is 1660. The van der Waals surface area contributed by atoms with E-state index in [1.54, 1.807) is 6.07 Å². The summed E-state index contributed by atoms with van der Waals surface area (Å²) in [6.45, 7) is 3.26. The zero-order chi connectivity index (χ0) is 34.5. The molecule has 3 aliphatic heterocycles. The number of aromatic nitrogens is 3. The van der Waals surface area contributed by atoms with E-state index in [-0.39, 0.29) is 11.6 Å². The van der Waals surface area contributed by atoms with Gasteiger partial charge in [-0.2, -0.15) is 0 Å². The second-order valence-electron chi connectivity index (χ2n) is 15.2. The Kier molecular flexibility index (Phi) is 14.4. The summed E-state index contributed by atoms with van der Waals surface area (Å²) in [6.07, 6.45) is 28.5. The molecule has 8 heteroatoms. The Balaban J connectivity index is 1.23. The average molecular weight is 721 g/mol. The Morgan fingerprint density at radius 3 is 1.88 bits per heavy atom.